The average molecular weight is 385 g/mol. The summed E-state index contributed by atoms with van der Waals surface area (Å²) in [5.74, 6) is -0.863. The van der Waals surface area contributed by atoms with Crippen LogP contribution in [0.15, 0.2) is 0 Å². The molecule has 0 radical (unpaired) electrons. The van der Waals surface area contributed by atoms with Crippen molar-refractivity contribution < 1.29 is 23.9 Å². The number of amides is 2. The molecule has 0 aromatic carbocycles. The van der Waals surface area contributed by atoms with Crippen molar-refractivity contribution in [3.63, 3.8) is 0 Å². The lowest BCUT2D eigenvalue weighted by molar-refractivity contribution is -0.148. The molecular weight excluding hydrogens is 348 g/mol. The summed E-state index contributed by atoms with van der Waals surface area (Å²) in [5, 5.41) is 5.52. The van der Waals surface area contributed by atoms with Gasteiger partial charge >= 0.3 is 12.1 Å². The van der Waals surface area contributed by atoms with Gasteiger partial charge in [-0.15, -0.1) is 0 Å². The Hall–Kier alpha value is -1.79. The number of carbonyl (C=O) groups excluding carboxylic acids is 3. The van der Waals surface area contributed by atoms with Crippen molar-refractivity contribution in [2.75, 3.05) is 7.11 Å². The van der Waals surface area contributed by atoms with Crippen molar-refractivity contribution in [1.29, 1.82) is 0 Å². The number of ether oxygens (including phenoxy) is 2. The third kappa shape index (κ3) is 7.77. The fourth-order valence-corrected chi connectivity index (χ4v) is 3.28. The predicted molar refractivity (Wildman–Crippen MR) is 103 cm³/mol. The molecule has 0 saturated heterocycles. The van der Waals surface area contributed by atoms with E-state index < -0.39 is 35.2 Å². The number of alkyl carbamates (subject to hydrolysis) is 1. The van der Waals surface area contributed by atoms with Gasteiger partial charge in [0, 0.05) is 0 Å². The smallest absolute Gasteiger partial charge is 0.408 e. The maximum Gasteiger partial charge on any atom is 0.408 e. The predicted octanol–water partition coefficient (Wildman–Crippen LogP) is 3.16. The van der Waals surface area contributed by atoms with Gasteiger partial charge in [-0.25, -0.2) is 9.59 Å². The molecule has 27 heavy (non-hydrogen) atoms. The van der Waals surface area contributed by atoms with Crippen LogP contribution in [-0.4, -0.2) is 42.8 Å². The van der Waals surface area contributed by atoms with Crippen LogP contribution in [-0.2, 0) is 19.1 Å². The molecule has 1 unspecified atom stereocenters. The molecule has 1 saturated carbocycles. The summed E-state index contributed by atoms with van der Waals surface area (Å²) in [5.41, 5.74) is -1.18. The van der Waals surface area contributed by atoms with Gasteiger partial charge in [0.05, 0.1) is 7.11 Å². The molecule has 0 aromatic rings. The van der Waals surface area contributed by atoms with Crippen molar-refractivity contribution in [2.45, 2.75) is 91.3 Å². The molecule has 2 atom stereocenters. The van der Waals surface area contributed by atoms with E-state index >= 15 is 0 Å². The maximum atomic E-state index is 13.0. The highest BCUT2D eigenvalue weighted by Crippen LogP contribution is 2.28. The monoisotopic (exact) mass is 384 g/mol. The topological polar surface area (TPSA) is 93.7 Å². The minimum atomic E-state index is -0.804. The Bertz CT molecular complexity index is 527. The Labute approximate surface area is 162 Å². The molecule has 1 aliphatic carbocycles. The van der Waals surface area contributed by atoms with Gasteiger partial charge in [-0.05, 0) is 44.9 Å². The van der Waals surface area contributed by atoms with Gasteiger partial charge in [0.15, 0.2) is 0 Å². The molecule has 0 aliphatic heterocycles. The van der Waals surface area contributed by atoms with E-state index in [1.165, 1.54) is 7.11 Å². The number of nitrogens with one attached hydrogen (secondary N) is 2. The molecule has 156 valence electrons. The van der Waals surface area contributed by atoms with Gasteiger partial charge < -0.3 is 20.1 Å². The van der Waals surface area contributed by atoms with Crippen LogP contribution in [0.4, 0.5) is 4.79 Å². The van der Waals surface area contributed by atoms with Gasteiger partial charge in [-0.3, -0.25) is 4.79 Å². The zero-order chi connectivity index (χ0) is 20.8. The highest BCUT2D eigenvalue weighted by atomic mass is 16.6. The van der Waals surface area contributed by atoms with Gasteiger partial charge in [0.1, 0.15) is 17.7 Å². The van der Waals surface area contributed by atoms with E-state index in [1.54, 1.807) is 20.8 Å². The Morgan fingerprint density at radius 2 is 1.48 bits per heavy atom. The molecule has 0 aromatic heterocycles. The Morgan fingerprint density at radius 3 is 1.93 bits per heavy atom. The fourth-order valence-electron chi connectivity index (χ4n) is 3.28. The first-order valence-corrected chi connectivity index (χ1v) is 9.73. The van der Waals surface area contributed by atoms with E-state index in [4.69, 9.17) is 9.47 Å². The first kappa shape index (κ1) is 23.2. The standard InChI is InChI=1S/C20H36N2O5/c1-19(2,3)15(17(24)26-7)22-16(23)14(13-11-9-8-10-12-13)21-18(25)27-20(4,5)6/h13-15H,8-12H2,1-7H3,(H,21,25)(H,22,23)/t14?,15-/m1/s1. The molecule has 0 bridgehead atoms. The first-order chi connectivity index (χ1) is 12.3. The minimum absolute atomic E-state index is 0.0181. The molecular formula is C20H36N2O5. The summed E-state index contributed by atoms with van der Waals surface area (Å²) >= 11 is 0. The van der Waals surface area contributed by atoms with E-state index in [-0.39, 0.29) is 11.8 Å². The van der Waals surface area contributed by atoms with Gasteiger partial charge in [0.2, 0.25) is 5.91 Å². The van der Waals surface area contributed by atoms with Crippen LogP contribution in [0, 0.1) is 11.3 Å². The molecule has 0 heterocycles. The molecule has 2 amide bonds. The fraction of sp³-hybridized carbons (Fsp3) is 0.850. The lowest BCUT2D eigenvalue weighted by Crippen LogP contribution is -2.58. The normalized spacial score (nSPS) is 18.2. The zero-order valence-corrected chi connectivity index (χ0v) is 17.8. The minimum Gasteiger partial charge on any atom is -0.467 e. The second-order valence-electron chi connectivity index (χ2n) is 9.35. The second kappa shape index (κ2) is 9.42. The second-order valence-corrected chi connectivity index (χ2v) is 9.35. The van der Waals surface area contributed by atoms with Crippen molar-refractivity contribution in [3.05, 3.63) is 0 Å². The van der Waals surface area contributed by atoms with E-state index in [9.17, 15) is 14.4 Å². The van der Waals surface area contributed by atoms with Crippen LogP contribution < -0.4 is 10.6 Å². The third-order valence-corrected chi connectivity index (χ3v) is 4.67. The lowest BCUT2D eigenvalue weighted by Gasteiger charge is -2.34. The van der Waals surface area contributed by atoms with E-state index in [2.05, 4.69) is 10.6 Å². The average Bonchev–Trinajstić information content (AvgIpc) is 2.54. The molecule has 1 fully saturated rings. The quantitative estimate of drug-likeness (QED) is 0.710. The van der Waals surface area contributed by atoms with Crippen LogP contribution in [0.25, 0.3) is 0 Å². The van der Waals surface area contributed by atoms with Crippen LogP contribution in [0.3, 0.4) is 0 Å². The SMILES string of the molecule is COC(=O)[C@@H](NC(=O)C(NC(=O)OC(C)(C)C)C1CCCCC1)C(C)(C)C. The first-order valence-electron chi connectivity index (χ1n) is 9.73. The Balaban J connectivity index is 2.97. The number of carbonyl (C=O) groups is 3. The van der Waals surface area contributed by atoms with Crippen LogP contribution in [0.2, 0.25) is 0 Å². The van der Waals surface area contributed by atoms with E-state index in [0.29, 0.717) is 0 Å². The van der Waals surface area contributed by atoms with E-state index in [0.717, 1.165) is 32.1 Å². The summed E-state index contributed by atoms with van der Waals surface area (Å²) < 4.78 is 10.2. The molecule has 1 rings (SSSR count). The highest BCUT2D eigenvalue weighted by molar-refractivity contribution is 5.90. The zero-order valence-electron chi connectivity index (χ0n) is 17.8. The largest absolute Gasteiger partial charge is 0.467 e. The number of esters is 1. The lowest BCUT2D eigenvalue weighted by atomic mass is 9.82. The van der Waals surface area contributed by atoms with E-state index in [1.807, 2.05) is 20.8 Å². The van der Waals surface area contributed by atoms with Gasteiger partial charge in [0.25, 0.3) is 0 Å². The summed E-state index contributed by atoms with van der Waals surface area (Å²) in [6.45, 7) is 10.9. The molecule has 0 spiro atoms. The summed E-state index contributed by atoms with van der Waals surface area (Å²) in [4.78, 5) is 37.5. The highest BCUT2D eigenvalue weighted by Gasteiger charge is 2.38. The number of hydrogen-bond donors (Lipinski definition) is 2. The molecule has 7 nitrogen and oxygen atoms in total. The molecule has 7 heteroatoms. The van der Waals surface area contributed by atoms with Crippen molar-refractivity contribution >= 4 is 18.0 Å². The molecule has 2 N–H and O–H groups in total. The Kier molecular flexibility index (Phi) is 8.11. The molecule has 1 aliphatic rings. The van der Waals surface area contributed by atoms with Crippen molar-refractivity contribution in [3.8, 4) is 0 Å². The number of methoxy groups -OCH3 is 1. The summed E-state index contributed by atoms with van der Waals surface area (Å²) in [7, 11) is 1.30. The van der Waals surface area contributed by atoms with Gasteiger partial charge in [-0.2, -0.15) is 0 Å². The van der Waals surface area contributed by atoms with Crippen LogP contribution >= 0.6 is 0 Å². The summed E-state index contributed by atoms with van der Waals surface area (Å²) in [6, 6.07) is -1.55. The van der Waals surface area contributed by atoms with Crippen molar-refractivity contribution in [2.24, 2.45) is 11.3 Å². The number of hydrogen-bond acceptors (Lipinski definition) is 5. The van der Waals surface area contributed by atoms with Gasteiger partial charge in [-0.1, -0.05) is 40.0 Å². The maximum absolute atomic E-state index is 13.0. The van der Waals surface area contributed by atoms with Crippen molar-refractivity contribution in [1.82, 2.24) is 10.6 Å². The van der Waals surface area contributed by atoms with Crippen LogP contribution in [0.1, 0.15) is 73.6 Å². The third-order valence-electron chi connectivity index (χ3n) is 4.67. The summed E-state index contributed by atoms with van der Waals surface area (Å²) in [6.07, 6.45) is 4.25. The number of rotatable bonds is 5. The Morgan fingerprint density at radius 1 is 0.926 bits per heavy atom. The van der Waals surface area contributed by atoms with Crippen LogP contribution in [0.5, 0.6) is 0 Å².